The first-order valence-corrected chi connectivity index (χ1v) is 7.73. The van der Waals surface area contributed by atoms with Crippen LogP contribution in [0.5, 0.6) is 0 Å². The summed E-state index contributed by atoms with van der Waals surface area (Å²) in [4.78, 5) is 42.3. The molecule has 0 heterocycles. The lowest BCUT2D eigenvalue weighted by Gasteiger charge is -2.21. The Balaban J connectivity index is 0. The molecule has 0 aliphatic heterocycles. The minimum atomic E-state index is -1.06. The number of rotatable bonds is 5. The summed E-state index contributed by atoms with van der Waals surface area (Å²) >= 11 is 3.26. The van der Waals surface area contributed by atoms with Crippen LogP contribution in [-0.4, -0.2) is 38.4 Å². The van der Waals surface area contributed by atoms with Crippen LogP contribution in [0.3, 0.4) is 0 Å². The Morgan fingerprint density at radius 2 is 1.32 bits per heavy atom. The lowest BCUT2D eigenvalue weighted by molar-refractivity contribution is -0.122. The Kier molecular flexibility index (Phi) is 11.5. The van der Waals surface area contributed by atoms with Gasteiger partial charge in [0.2, 0.25) is 5.91 Å². The van der Waals surface area contributed by atoms with E-state index in [1.807, 2.05) is 19.2 Å². The van der Waals surface area contributed by atoms with E-state index in [0.29, 0.717) is 12.8 Å². The summed E-state index contributed by atoms with van der Waals surface area (Å²) in [5.74, 6) is -2.50. The van der Waals surface area contributed by atoms with Gasteiger partial charge < -0.3 is 15.9 Å². The molecule has 5 N–H and O–H groups in total. The normalized spacial score (nSPS) is 9.72. The molecule has 0 aromatic heterocycles. The molecule has 3 amide bonds. The number of urea groups is 1. The van der Waals surface area contributed by atoms with Crippen LogP contribution in [0, 0.1) is 0 Å². The van der Waals surface area contributed by atoms with Crippen molar-refractivity contribution in [3.63, 3.8) is 0 Å². The standard InChI is InChI=1S/C8H6O4.C7H13BrN2O2.ClH/c9-7(10)5-1-2-6(4-3-5)8(11)12;1-3-7(8,4-2)5(11)10-6(9)12;/h1-4H,(H,9,10)(H,11,12);3-4H2,1-2H3,(H3,9,10,11,12);1H. The molecule has 0 atom stereocenters. The molecule has 0 saturated heterocycles. The van der Waals surface area contributed by atoms with Gasteiger partial charge in [0.15, 0.2) is 0 Å². The average Bonchev–Trinajstić information content (AvgIpc) is 2.54. The monoisotopic (exact) mass is 438 g/mol. The van der Waals surface area contributed by atoms with Crippen molar-refractivity contribution in [1.82, 2.24) is 5.32 Å². The lowest BCUT2D eigenvalue weighted by Crippen LogP contribution is -2.46. The Morgan fingerprint density at radius 1 is 1.00 bits per heavy atom. The fourth-order valence-corrected chi connectivity index (χ4v) is 1.65. The zero-order chi connectivity index (χ0) is 18.9. The van der Waals surface area contributed by atoms with Crippen molar-refractivity contribution in [2.75, 3.05) is 0 Å². The molecule has 10 heteroatoms. The maximum absolute atomic E-state index is 11.3. The van der Waals surface area contributed by atoms with Gasteiger partial charge in [-0.25, -0.2) is 14.4 Å². The van der Waals surface area contributed by atoms with Gasteiger partial charge in [-0.05, 0) is 37.1 Å². The van der Waals surface area contributed by atoms with Gasteiger partial charge in [0.25, 0.3) is 0 Å². The molecule has 0 fully saturated rings. The van der Waals surface area contributed by atoms with Crippen molar-refractivity contribution in [2.24, 2.45) is 5.73 Å². The number of amides is 3. The third-order valence-electron chi connectivity index (χ3n) is 3.14. The fraction of sp³-hybridized carbons (Fsp3) is 0.333. The summed E-state index contributed by atoms with van der Waals surface area (Å²) < 4.78 is -0.665. The van der Waals surface area contributed by atoms with Crippen LogP contribution in [0.15, 0.2) is 24.3 Å². The second-order valence-electron chi connectivity index (χ2n) is 4.68. The van der Waals surface area contributed by atoms with Crippen LogP contribution in [-0.2, 0) is 4.79 Å². The molecular weight excluding hydrogens is 420 g/mol. The van der Waals surface area contributed by atoms with Gasteiger partial charge in [-0.1, -0.05) is 29.8 Å². The largest absolute Gasteiger partial charge is 0.478 e. The molecule has 8 nitrogen and oxygen atoms in total. The van der Waals surface area contributed by atoms with Crippen molar-refractivity contribution in [3.8, 4) is 0 Å². The number of imide groups is 1. The average molecular weight is 440 g/mol. The maximum atomic E-state index is 11.3. The number of hydrogen-bond donors (Lipinski definition) is 4. The van der Waals surface area contributed by atoms with Crippen molar-refractivity contribution < 1.29 is 29.4 Å². The molecule has 25 heavy (non-hydrogen) atoms. The van der Waals surface area contributed by atoms with Crippen molar-refractivity contribution >= 4 is 52.2 Å². The number of benzene rings is 1. The van der Waals surface area contributed by atoms with Crippen LogP contribution < -0.4 is 11.1 Å². The number of carbonyl (C=O) groups is 4. The summed E-state index contributed by atoms with van der Waals surface area (Å²) in [6.45, 7) is 3.72. The maximum Gasteiger partial charge on any atom is 0.335 e. The first-order valence-electron chi connectivity index (χ1n) is 6.93. The number of carbonyl (C=O) groups excluding carboxylic acids is 2. The summed E-state index contributed by atoms with van der Waals surface area (Å²) in [5.41, 5.74) is 4.97. The van der Waals surface area contributed by atoms with Gasteiger partial charge in [0.05, 0.1) is 11.1 Å². The highest BCUT2D eigenvalue weighted by molar-refractivity contribution is 9.10. The zero-order valence-electron chi connectivity index (χ0n) is 13.6. The second-order valence-corrected chi connectivity index (χ2v) is 6.20. The Bertz CT molecular complexity index is 584. The summed E-state index contributed by atoms with van der Waals surface area (Å²) in [7, 11) is 0. The summed E-state index contributed by atoms with van der Waals surface area (Å²) in [5, 5.41) is 19.0. The van der Waals surface area contributed by atoms with E-state index in [2.05, 4.69) is 15.9 Å². The lowest BCUT2D eigenvalue weighted by atomic mass is 10.0. The fourth-order valence-electron chi connectivity index (χ4n) is 1.55. The summed E-state index contributed by atoms with van der Waals surface area (Å²) in [6.07, 6.45) is 1.23. The number of primary amides is 1. The van der Waals surface area contributed by atoms with Crippen molar-refractivity contribution in [2.45, 2.75) is 31.0 Å². The van der Waals surface area contributed by atoms with Crippen LogP contribution in [0.25, 0.3) is 0 Å². The predicted molar refractivity (Wildman–Crippen MR) is 97.6 cm³/mol. The highest BCUT2D eigenvalue weighted by atomic mass is 79.9. The topological polar surface area (TPSA) is 147 Å². The van der Waals surface area contributed by atoms with E-state index in [1.54, 1.807) is 0 Å². The second kappa shape index (κ2) is 11.4. The van der Waals surface area contributed by atoms with Gasteiger partial charge >= 0.3 is 18.0 Å². The minimum Gasteiger partial charge on any atom is -0.478 e. The quantitative estimate of drug-likeness (QED) is 0.519. The number of hydrogen-bond acceptors (Lipinski definition) is 4. The number of nitrogens with two attached hydrogens (primary N) is 1. The van der Waals surface area contributed by atoms with Crippen LogP contribution >= 0.6 is 28.3 Å². The van der Waals surface area contributed by atoms with E-state index in [-0.39, 0.29) is 29.4 Å². The van der Waals surface area contributed by atoms with Crippen LogP contribution in [0.4, 0.5) is 4.79 Å². The van der Waals surface area contributed by atoms with Gasteiger partial charge in [0.1, 0.15) is 4.32 Å². The molecule has 1 aromatic carbocycles. The number of carboxylic acids is 2. The van der Waals surface area contributed by atoms with E-state index in [4.69, 9.17) is 15.9 Å². The van der Waals surface area contributed by atoms with Gasteiger partial charge in [-0.15, -0.1) is 12.4 Å². The SMILES string of the molecule is CCC(Br)(CC)C(=O)NC(N)=O.Cl.O=C(O)c1ccc(C(=O)O)cc1. The molecule has 0 unspecified atom stereocenters. The van der Waals surface area contributed by atoms with Crippen molar-refractivity contribution in [3.05, 3.63) is 35.4 Å². The highest BCUT2D eigenvalue weighted by Gasteiger charge is 2.32. The molecule has 0 aliphatic carbocycles. The molecule has 0 saturated carbocycles. The van der Waals surface area contributed by atoms with Gasteiger partial charge in [0, 0.05) is 0 Å². The van der Waals surface area contributed by atoms with E-state index in [9.17, 15) is 19.2 Å². The van der Waals surface area contributed by atoms with Crippen LogP contribution in [0.1, 0.15) is 47.4 Å². The Hall–Kier alpha value is -2.13. The molecule has 0 bridgehead atoms. The predicted octanol–water partition coefficient (Wildman–Crippen LogP) is 2.64. The van der Waals surface area contributed by atoms with E-state index in [0.717, 1.165) is 0 Å². The van der Waals surface area contributed by atoms with E-state index in [1.165, 1.54) is 24.3 Å². The highest BCUT2D eigenvalue weighted by Crippen LogP contribution is 2.26. The third-order valence-corrected chi connectivity index (χ3v) is 4.62. The van der Waals surface area contributed by atoms with E-state index >= 15 is 0 Å². The minimum absolute atomic E-state index is 0. The van der Waals surface area contributed by atoms with Gasteiger partial charge in [-0.3, -0.25) is 10.1 Å². The molecular formula is C15H20BrClN2O6. The summed E-state index contributed by atoms with van der Waals surface area (Å²) in [6, 6.07) is 4.21. The van der Waals surface area contributed by atoms with Crippen molar-refractivity contribution in [1.29, 1.82) is 0 Å². The molecule has 1 rings (SSSR count). The smallest absolute Gasteiger partial charge is 0.335 e. The zero-order valence-corrected chi connectivity index (χ0v) is 16.0. The van der Waals surface area contributed by atoms with Crippen LogP contribution in [0.2, 0.25) is 0 Å². The molecule has 0 spiro atoms. The first-order chi connectivity index (χ1) is 11.1. The molecule has 0 aliphatic rings. The number of aromatic carboxylic acids is 2. The third kappa shape index (κ3) is 8.50. The van der Waals surface area contributed by atoms with Gasteiger partial charge in [-0.2, -0.15) is 0 Å². The Labute approximate surface area is 159 Å². The molecule has 1 aromatic rings. The van der Waals surface area contributed by atoms with E-state index < -0.39 is 22.3 Å². The number of alkyl halides is 1. The number of halogens is 2. The Morgan fingerprint density at radius 3 is 1.52 bits per heavy atom. The first kappa shape index (κ1) is 25.1. The molecule has 140 valence electrons. The number of nitrogens with one attached hydrogen (secondary N) is 1. The number of carboxylic acid groups (broad SMARTS) is 2. The molecule has 0 radical (unpaired) electrons.